The fourth-order valence-electron chi connectivity index (χ4n) is 2.58. The van der Waals surface area contributed by atoms with E-state index in [9.17, 15) is 31.4 Å². The van der Waals surface area contributed by atoms with E-state index >= 15 is 0 Å². The second-order valence-electron chi connectivity index (χ2n) is 7.21. The average molecular weight is 406 g/mol. The van der Waals surface area contributed by atoms with E-state index in [0.29, 0.717) is 5.56 Å². The van der Waals surface area contributed by atoms with Gasteiger partial charge in [-0.2, -0.15) is 26.3 Å². The van der Waals surface area contributed by atoms with Crippen molar-refractivity contribution >= 4 is 16.3 Å². The Morgan fingerprint density at radius 1 is 0.929 bits per heavy atom. The van der Waals surface area contributed by atoms with E-state index in [0.717, 1.165) is 21.9 Å². The van der Waals surface area contributed by atoms with Crippen molar-refractivity contribution in [3.63, 3.8) is 0 Å². The molecule has 0 atom stereocenters. The molecule has 0 aliphatic rings. The SMILES string of the molecule is C=C(C)c1ccc2ccc(C(C)(C)OCC(O)(C(F)(F)F)C(F)(F)F)cc2c1. The van der Waals surface area contributed by atoms with Gasteiger partial charge in [0.1, 0.15) is 0 Å². The van der Waals surface area contributed by atoms with Crippen molar-refractivity contribution in [1.82, 2.24) is 0 Å². The maximum absolute atomic E-state index is 12.8. The molecular weight excluding hydrogens is 386 g/mol. The van der Waals surface area contributed by atoms with Gasteiger partial charge in [-0.1, -0.05) is 36.4 Å². The average Bonchev–Trinajstić information content (AvgIpc) is 2.56. The second kappa shape index (κ2) is 7.08. The van der Waals surface area contributed by atoms with Crippen LogP contribution in [0.4, 0.5) is 26.3 Å². The van der Waals surface area contributed by atoms with Crippen molar-refractivity contribution in [3.8, 4) is 0 Å². The zero-order valence-electron chi connectivity index (χ0n) is 15.5. The highest BCUT2D eigenvalue weighted by atomic mass is 19.4. The molecule has 0 fully saturated rings. The summed E-state index contributed by atoms with van der Waals surface area (Å²) in [4.78, 5) is 0. The lowest BCUT2D eigenvalue weighted by molar-refractivity contribution is -0.382. The van der Waals surface area contributed by atoms with Crippen molar-refractivity contribution in [1.29, 1.82) is 0 Å². The smallest absolute Gasteiger partial charge is 0.372 e. The molecule has 0 unspecified atom stereocenters. The van der Waals surface area contributed by atoms with E-state index < -0.39 is 30.2 Å². The molecule has 0 radical (unpaired) electrons. The molecule has 1 N–H and O–H groups in total. The van der Waals surface area contributed by atoms with Gasteiger partial charge in [-0.3, -0.25) is 0 Å². The third-order valence-corrected chi connectivity index (χ3v) is 4.61. The summed E-state index contributed by atoms with van der Waals surface area (Å²) in [6, 6.07) is 10.4. The van der Waals surface area contributed by atoms with Crippen LogP contribution in [0.15, 0.2) is 43.0 Å². The molecule has 2 rings (SSSR count). The van der Waals surface area contributed by atoms with Gasteiger partial charge in [-0.25, -0.2) is 0 Å². The Hall–Kier alpha value is -2.06. The van der Waals surface area contributed by atoms with E-state index in [1.165, 1.54) is 13.8 Å². The summed E-state index contributed by atoms with van der Waals surface area (Å²) >= 11 is 0. The summed E-state index contributed by atoms with van der Waals surface area (Å²) in [5, 5.41) is 10.9. The largest absolute Gasteiger partial charge is 0.428 e. The van der Waals surface area contributed by atoms with E-state index in [2.05, 4.69) is 6.58 Å². The Morgan fingerprint density at radius 2 is 1.46 bits per heavy atom. The minimum absolute atomic E-state index is 0.366. The monoisotopic (exact) mass is 406 g/mol. The number of alkyl halides is 6. The van der Waals surface area contributed by atoms with Gasteiger partial charge >= 0.3 is 12.4 Å². The predicted molar refractivity (Wildman–Crippen MR) is 94.7 cm³/mol. The van der Waals surface area contributed by atoms with Crippen molar-refractivity contribution in [2.45, 2.75) is 44.3 Å². The number of fused-ring (bicyclic) bond motifs is 1. The summed E-state index contributed by atoms with van der Waals surface area (Å²) in [6.07, 6.45) is -11.9. The molecular formula is C20H20F6O2. The number of hydrogen-bond donors (Lipinski definition) is 1. The van der Waals surface area contributed by atoms with Gasteiger partial charge in [0, 0.05) is 0 Å². The van der Waals surface area contributed by atoms with Crippen LogP contribution < -0.4 is 0 Å². The van der Waals surface area contributed by atoms with E-state index in [1.54, 1.807) is 18.2 Å². The van der Waals surface area contributed by atoms with Gasteiger partial charge in [-0.15, -0.1) is 0 Å². The van der Waals surface area contributed by atoms with Gasteiger partial charge in [0.05, 0.1) is 12.2 Å². The number of halogens is 6. The lowest BCUT2D eigenvalue weighted by Gasteiger charge is -2.35. The van der Waals surface area contributed by atoms with Crippen LogP contribution in [0.1, 0.15) is 31.9 Å². The normalized spacial score (nSPS) is 13.8. The lowest BCUT2D eigenvalue weighted by atomic mass is 9.93. The van der Waals surface area contributed by atoms with E-state index in [1.807, 2.05) is 25.1 Å². The molecule has 0 saturated carbocycles. The summed E-state index contributed by atoms with van der Waals surface area (Å²) in [5.41, 5.74) is -4.44. The first-order chi connectivity index (χ1) is 12.6. The number of ether oxygens (including phenoxy) is 1. The summed E-state index contributed by atoms with van der Waals surface area (Å²) in [5.74, 6) is 0. The van der Waals surface area contributed by atoms with Gasteiger partial charge in [0.2, 0.25) is 0 Å². The summed E-state index contributed by atoms with van der Waals surface area (Å²) in [6.45, 7) is 6.35. The molecule has 2 aromatic rings. The van der Waals surface area contributed by atoms with Crippen LogP contribution in [0, 0.1) is 0 Å². The topological polar surface area (TPSA) is 29.5 Å². The number of rotatable bonds is 5. The minimum atomic E-state index is -5.93. The predicted octanol–water partition coefficient (Wildman–Crippen LogP) is 5.98. The Kier molecular flexibility index (Phi) is 5.62. The van der Waals surface area contributed by atoms with Gasteiger partial charge in [0.15, 0.2) is 0 Å². The molecule has 0 aliphatic heterocycles. The van der Waals surface area contributed by atoms with Gasteiger partial charge < -0.3 is 9.84 Å². The highest BCUT2D eigenvalue weighted by Gasteiger charge is 2.71. The zero-order valence-corrected chi connectivity index (χ0v) is 15.5. The molecule has 0 aliphatic carbocycles. The first-order valence-electron chi connectivity index (χ1n) is 8.28. The quantitative estimate of drug-likeness (QED) is 0.619. The van der Waals surface area contributed by atoms with Crippen LogP contribution in [0.25, 0.3) is 16.3 Å². The summed E-state index contributed by atoms with van der Waals surface area (Å²) in [7, 11) is 0. The molecule has 0 bridgehead atoms. The summed E-state index contributed by atoms with van der Waals surface area (Å²) < 4.78 is 82.0. The lowest BCUT2D eigenvalue weighted by Crippen LogP contribution is -2.60. The Labute approximate surface area is 158 Å². The number of hydrogen-bond acceptors (Lipinski definition) is 2. The minimum Gasteiger partial charge on any atom is -0.372 e. The van der Waals surface area contributed by atoms with Gasteiger partial charge in [-0.05, 0) is 54.8 Å². The van der Waals surface area contributed by atoms with E-state index in [4.69, 9.17) is 4.74 Å². The molecule has 2 aromatic carbocycles. The molecule has 2 nitrogen and oxygen atoms in total. The Balaban J connectivity index is 2.37. The van der Waals surface area contributed by atoms with Crippen molar-refractivity contribution in [2.75, 3.05) is 6.61 Å². The zero-order chi connectivity index (χ0) is 21.5. The van der Waals surface area contributed by atoms with Crippen molar-refractivity contribution in [2.24, 2.45) is 0 Å². The first-order valence-corrected chi connectivity index (χ1v) is 8.28. The van der Waals surface area contributed by atoms with Crippen LogP contribution >= 0.6 is 0 Å². The first kappa shape index (κ1) is 22.2. The van der Waals surface area contributed by atoms with Crippen LogP contribution in [0.5, 0.6) is 0 Å². The third-order valence-electron chi connectivity index (χ3n) is 4.61. The fourth-order valence-corrected chi connectivity index (χ4v) is 2.58. The number of benzene rings is 2. The highest BCUT2D eigenvalue weighted by molar-refractivity contribution is 5.86. The molecule has 0 amide bonds. The van der Waals surface area contributed by atoms with Gasteiger partial charge in [0.25, 0.3) is 5.60 Å². The number of allylic oxidation sites excluding steroid dienone is 1. The molecule has 0 spiro atoms. The Morgan fingerprint density at radius 3 is 1.96 bits per heavy atom. The van der Waals surface area contributed by atoms with E-state index in [-0.39, 0.29) is 0 Å². The maximum Gasteiger partial charge on any atom is 0.428 e. The molecule has 0 aromatic heterocycles. The number of aliphatic hydroxyl groups is 1. The standard InChI is InChI=1S/C20H20F6O2/c1-12(2)14-6-5-13-7-8-16(10-15(13)9-14)17(3,4)28-11-18(27,19(21,22)23)20(24,25)26/h5-10,27H,1,11H2,2-4H3. The highest BCUT2D eigenvalue weighted by Crippen LogP contribution is 2.44. The second-order valence-corrected chi connectivity index (χ2v) is 7.21. The molecule has 0 saturated heterocycles. The Bertz CT molecular complexity index is 866. The fraction of sp³-hybridized carbons (Fsp3) is 0.400. The van der Waals surface area contributed by atoms with Crippen LogP contribution in [0.2, 0.25) is 0 Å². The van der Waals surface area contributed by atoms with Crippen molar-refractivity contribution in [3.05, 3.63) is 54.1 Å². The molecule has 0 heterocycles. The van der Waals surface area contributed by atoms with Crippen LogP contribution in [-0.4, -0.2) is 29.7 Å². The maximum atomic E-state index is 12.8. The van der Waals surface area contributed by atoms with Crippen LogP contribution in [0.3, 0.4) is 0 Å². The molecule has 28 heavy (non-hydrogen) atoms. The molecule has 8 heteroatoms. The van der Waals surface area contributed by atoms with Crippen molar-refractivity contribution < 1.29 is 36.2 Å². The molecule has 154 valence electrons. The van der Waals surface area contributed by atoms with Crippen LogP contribution in [-0.2, 0) is 10.3 Å². The third kappa shape index (κ3) is 4.17.